The number of amides is 1. The Hall–Kier alpha value is -2.22. The number of hydrogen-bond acceptors (Lipinski definition) is 6. The normalized spacial score (nSPS) is 10.6. The zero-order valence-corrected chi connectivity index (χ0v) is 12.6. The topological polar surface area (TPSA) is 81.0 Å². The van der Waals surface area contributed by atoms with Crippen molar-refractivity contribution >= 4 is 28.2 Å². The number of rotatable bonds is 5. The molecule has 2 rings (SSSR count). The molecule has 0 spiro atoms. The van der Waals surface area contributed by atoms with Crippen LogP contribution < -0.4 is 5.56 Å². The fraction of sp³-hybridized carbons (Fsp3) is 0.385. The molecule has 0 aliphatic heterocycles. The van der Waals surface area contributed by atoms with Crippen LogP contribution in [0, 0.1) is 0 Å². The Labute approximate surface area is 124 Å². The lowest BCUT2D eigenvalue weighted by atomic mass is 10.2. The van der Waals surface area contributed by atoms with E-state index in [1.807, 2.05) is 0 Å². The number of esters is 1. The van der Waals surface area contributed by atoms with E-state index >= 15 is 0 Å². The zero-order valence-electron chi connectivity index (χ0n) is 11.7. The van der Waals surface area contributed by atoms with Crippen molar-refractivity contribution in [2.45, 2.75) is 13.3 Å². The maximum Gasteiger partial charge on any atom is 0.307 e. The van der Waals surface area contributed by atoms with Crippen LogP contribution in [0.15, 0.2) is 22.6 Å². The van der Waals surface area contributed by atoms with Crippen molar-refractivity contribution in [2.24, 2.45) is 0 Å². The molecule has 7 nitrogen and oxygen atoms in total. The minimum absolute atomic E-state index is 0.00221. The van der Waals surface area contributed by atoms with Gasteiger partial charge < -0.3 is 9.64 Å². The van der Waals surface area contributed by atoms with Gasteiger partial charge in [0.25, 0.3) is 11.5 Å². The lowest BCUT2D eigenvalue weighted by molar-refractivity contribution is -0.140. The predicted octanol–water partition coefficient (Wildman–Crippen LogP) is 0.781. The quantitative estimate of drug-likeness (QED) is 0.762. The first-order chi connectivity index (χ1) is 10.1. The SMILES string of the molecule is CCN(CCC(=O)OC)C(=O)c1cnc2sccn2c1=O. The fourth-order valence-corrected chi connectivity index (χ4v) is 2.55. The standard InChI is InChI=1S/C13H15N3O4S/c1-3-15(5-4-10(17)20-2)11(18)9-8-14-13-16(12(9)19)6-7-21-13/h6-8H,3-5H2,1-2H3. The molecule has 0 saturated heterocycles. The van der Waals surface area contributed by atoms with Crippen molar-refractivity contribution < 1.29 is 14.3 Å². The molecular weight excluding hydrogens is 294 g/mol. The first-order valence-electron chi connectivity index (χ1n) is 6.39. The molecular formula is C13H15N3O4S. The van der Waals surface area contributed by atoms with E-state index in [2.05, 4.69) is 9.72 Å². The average Bonchev–Trinajstić information content (AvgIpc) is 2.97. The summed E-state index contributed by atoms with van der Waals surface area (Å²) in [5, 5.41) is 1.73. The third-order valence-electron chi connectivity index (χ3n) is 3.06. The summed E-state index contributed by atoms with van der Waals surface area (Å²) >= 11 is 1.32. The van der Waals surface area contributed by atoms with Gasteiger partial charge >= 0.3 is 5.97 Å². The Kier molecular flexibility index (Phi) is 4.69. The number of nitrogens with zero attached hydrogens (tertiary/aromatic N) is 3. The smallest absolute Gasteiger partial charge is 0.307 e. The summed E-state index contributed by atoms with van der Waals surface area (Å²) in [7, 11) is 1.29. The maximum atomic E-state index is 12.4. The van der Waals surface area contributed by atoms with E-state index in [1.165, 1.54) is 33.9 Å². The van der Waals surface area contributed by atoms with Gasteiger partial charge in [-0.3, -0.25) is 18.8 Å². The Bertz CT molecular complexity index is 722. The minimum Gasteiger partial charge on any atom is -0.469 e. The van der Waals surface area contributed by atoms with Crippen molar-refractivity contribution in [1.82, 2.24) is 14.3 Å². The maximum absolute atomic E-state index is 12.4. The molecule has 21 heavy (non-hydrogen) atoms. The van der Waals surface area contributed by atoms with Gasteiger partial charge in [-0.25, -0.2) is 4.98 Å². The van der Waals surface area contributed by atoms with E-state index in [0.717, 1.165) is 0 Å². The van der Waals surface area contributed by atoms with Crippen LogP contribution in [-0.2, 0) is 9.53 Å². The van der Waals surface area contributed by atoms with Gasteiger partial charge in [0.1, 0.15) is 5.56 Å². The summed E-state index contributed by atoms with van der Waals surface area (Å²) in [4.78, 5) is 41.8. The molecule has 2 heterocycles. The van der Waals surface area contributed by atoms with Crippen LogP contribution in [0.3, 0.4) is 0 Å². The molecule has 2 aromatic heterocycles. The number of carbonyl (C=O) groups is 2. The molecule has 0 fully saturated rings. The van der Waals surface area contributed by atoms with Crippen LogP contribution in [0.5, 0.6) is 0 Å². The van der Waals surface area contributed by atoms with Gasteiger partial charge in [0.2, 0.25) is 0 Å². The van der Waals surface area contributed by atoms with Crippen molar-refractivity contribution in [2.75, 3.05) is 20.2 Å². The van der Waals surface area contributed by atoms with Crippen molar-refractivity contribution in [3.63, 3.8) is 0 Å². The van der Waals surface area contributed by atoms with Crippen LogP contribution in [0.1, 0.15) is 23.7 Å². The molecule has 0 aromatic carbocycles. The van der Waals surface area contributed by atoms with Gasteiger partial charge in [0.05, 0.1) is 13.5 Å². The van der Waals surface area contributed by atoms with Gasteiger partial charge in [-0.2, -0.15) is 0 Å². The summed E-state index contributed by atoms with van der Waals surface area (Å²) in [6.45, 7) is 2.37. The molecule has 0 atom stereocenters. The largest absolute Gasteiger partial charge is 0.469 e. The highest BCUT2D eigenvalue weighted by Gasteiger charge is 2.20. The Morgan fingerprint density at radius 3 is 2.90 bits per heavy atom. The summed E-state index contributed by atoms with van der Waals surface area (Å²) < 4.78 is 5.89. The molecule has 0 bridgehead atoms. The van der Waals surface area contributed by atoms with E-state index in [1.54, 1.807) is 18.5 Å². The molecule has 0 N–H and O–H groups in total. The van der Waals surface area contributed by atoms with Crippen LogP contribution in [-0.4, -0.2) is 46.4 Å². The summed E-state index contributed by atoms with van der Waals surface area (Å²) in [6.07, 6.45) is 2.96. The lowest BCUT2D eigenvalue weighted by Crippen LogP contribution is -2.37. The highest BCUT2D eigenvalue weighted by atomic mass is 32.1. The molecule has 1 amide bonds. The van der Waals surface area contributed by atoms with Crippen LogP contribution in [0.25, 0.3) is 4.96 Å². The number of methoxy groups -OCH3 is 1. The third-order valence-corrected chi connectivity index (χ3v) is 3.83. The van der Waals surface area contributed by atoms with E-state index in [0.29, 0.717) is 11.5 Å². The Morgan fingerprint density at radius 1 is 1.48 bits per heavy atom. The monoisotopic (exact) mass is 309 g/mol. The second kappa shape index (κ2) is 6.49. The molecule has 0 aliphatic rings. The zero-order chi connectivity index (χ0) is 15.4. The molecule has 0 aliphatic carbocycles. The third kappa shape index (κ3) is 3.10. The summed E-state index contributed by atoms with van der Waals surface area (Å²) in [5.41, 5.74) is -0.402. The van der Waals surface area contributed by atoms with Gasteiger partial charge in [-0.15, -0.1) is 11.3 Å². The van der Waals surface area contributed by atoms with E-state index in [4.69, 9.17) is 0 Å². The molecule has 2 aromatic rings. The Morgan fingerprint density at radius 2 is 2.24 bits per heavy atom. The minimum atomic E-state index is -0.431. The Balaban J connectivity index is 2.25. The first-order valence-corrected chi connectivity index (χ1v) is 7.27. The highest BCUT2D eigenvalue weighted by molar-refractivity contribution is 7.15. The summed E-state index contributed by atoms with van der Waals surface area (Å²) in [5.74, 6) is -0.830. The van der Waals surface area contributed by atoms with Crippen molar-refractivity contribution in [3.05, 3.63) is 33.7 Å². The number of hydrogen-bond donors (Lipinski definition) is 0. The van der Waals surface area contributed by atoms with Gasteiger partial charge in [0, 0.05) is 30.9 Å². The first kappa shape index (κ1) is 15.2. The number of fused-ring (bicyclic) bond motifs is 1. The van der Waals surface area contributed by atoms with Crippen molar-refractivity contribution in [1.29, 1.82) is 0 Å². The second-order valence-electron chi connectivity index (χ2n) is 4.24. The van der Waals surface area contributed by atoms with Crippen LogP contribution in [0.2, 0.25) is 0 Å². The molecule has 8 heteroatoms. The van der Waals surface area contributed by atoms with Gasteiger partial charge in [-0.05, 0) is 6.92 Å². The molecule has 0 unspecified atom stereocenters. The lowest BCUT2D eigenvalue weighted by Gasteiger charge is -2.19. The average molecular weight is 309 g/mol. The predicted molar refractivity (Wildman–Crippen MR) is 77.5 cm³/mol. The van der Waals surface area contributed by atoms with Crippen molar-refractivity contribution in [3.8, 4) is 0 Å². The van der Waals surface area contributed by atoms with E-state index in [9.17, 15) is 14.4 Å². The second-order valence-corrected chi connectivity index (χ2v) is 5.12. The molecule has 0 radical (unpaired) electrons. The van der Waals surface area contributed by atoms with Crippen LogP contribution >= 0.6 is 11.3 Å². The molecule has 112 valence electrons. The van der Waals surface area contributed by atoms with Gasteiger partial charge in [0.15, 0.2) is 4.96 Å². The number of thiazole rings is 1. The van der Waals surface area contributed by atoms with Crippen LogP contribution in [0.4, 0.5) is 0 Å². The number of aromatic nitrogens is 2. The number of carbonyl (C=O) groups excluding carboxylic acids is 2. The highest BCUT2D eigenvalue weighted by Crippen LogP contribution is 2.07. The van der Waals surface area contributed by atoms with E-state index < -0.39 is 17.4 Å². The molecule has 0 saturated carbocycles. The van der Waals surface area contributed by atoms with Gasteiger partial charge in [-0.1, -0.05) is 0 Å². The number of ether oxygens (including phenoxy) is 1. The van der Waals surface area contributed by atoms with E-state index in [-0.39, 0.29) is 18.5 Å². The summed E-state index contributed by atoms with van der Waals surface area (Å²) in [6, 6.07) is 0. The fourth-order valence-electron chi connectivity index (χ4n) is 1.87.